The number of carbonyl (C=O) groups is 2. The molecule has 0 aromatic heterocycles. The van der Waals surface area contributed by atoms with Crippen molar-refractivity contribution in [2.24, 2.45) is 0 Å². The molecule has 1 aromatic rings. The highest BCUT2D eigenvalue weighted by Crippen LogP contribution is 2.10. The lowest BCUT2D eigenvalue weighted by Crippen LogP contribution is -2.49. The highest BCUT2D eigenvalue weighted by Gasteiger charge is 2.27. The molecular weight excluding hydrogens is 318 g/mol. The summed E-state index contributed by atoms with van der Waals surface area (Å²) in [6.07, 6.45) is 0.760. The lowest BCUT2D eigenvalue weighted by molar-refractivity contribution is -0.124. The average molecular weight is 340 g/mol. The zero-order valence-corrected chi connectivity index (χ0v) is 13.9. The summed E-state index contributed by atoms with van der Waals surface area (Å²) < 4.78 is 5.51. The number of nitrogens with one attached hydrogen (secondary N) is 2. The summed E-state index contributed by atoms with van der Waals surface area (Å²) in [4.78, 5) is 25.4. The molecule has 2 N–H and O–H groups in total. The van der Waals surface area contributed by atoms with Crippen molar-refractivity contribution in [3.8, 4) is 0 Å². The summed E-state index contributed by atoms with van der Waals surface area (Å²) in [5.74, 6) is -0.114. The minimum Gasteiger partial charge on any atom is -0.375 e. The Bertz CT molecular complexity index is 536. The Hall–Kier alpha value is -1.79. The number of amides is 3. The molecule has 1 unspecified atom stereocenters. The van der Waals surface area contributed by atoms with Crippen LogP contribution >= 0.6 is 11.6 Å². The molecule has 0 bridgehead atoms. The minimum atomic E-state index is -0.451. The van der Waals surface area contributed by atoms with Crippen molar-refractivity contribution in [2.45, 2.75) is 26.0 Å². The molecule has 7 heteroatoms. The van der Waals surface area contributed by atoms with E-state index in [1.54, 1.807) is 11.8 Å². The quantitative estimate of drug-likeness (QED) is 0.803. The molecule has 2 rings (SSSR count). The molecule has 0 radical (unpaired) electrons. The molecule has 126 valence electrons. The predicted molar refractivity (Wildman–Crippen MR) is 88.3 cm³/mol. The number of carbonyl (C=O) groups excluding carboxylic acids is 2. The van der Waals surface area contributed by atoms with Crippen molar-refractivity contribution in [1.29, 1.82) is 0 Å². The van der Waals surface area contributed by atoms with Gasteiger partial charge in [-0.05, 0) is 31.0 Å². The number of nitrogens with zero attached hydrogens (tertiary/aromatic N) is 1. The third kappa shape index (κ3) is 5.41. The molecule has 1 saturated heterocycles. The number of rotatable bonds is 5. The van der Waals surface area contributed by atoms with E-state index in [1.165, 1.54) is 0 Å². The number of halogens is 1. The maximum Gasteiger partial charge on any atom is 0.318 e. The first-order chi connectivity index (χ1) is 11.1. The van der Waals surface area contributed by atoms with Gasteiger partial charge in [0.15, 0.2) is 0 Å². The monoisotopic (exact) mass is 339 g/mol. The van der Waals surface area contributed by atoms with Crippen LogP contribution in [0, 0.1) is 0 Å². The van der Waals surface area contributed by atoms with Crippen LogP contribution in [0.4, 0.5) is 4.79 Å². The van der Waals surface area contributed by atoms with Gasteiger partial charge in [0.1, 0.15) is 6.04 Å². The first-order valence-electron chi connectivity index (χ1n) is 7.72. The highest BCUT2D eigenvalue weighted by molar-refractivity contribution is 6.30. The van der Waals surface area contributed by atoms with Gasteiger partial charge in [-0.3, -0.25) is 4.79 Å². The van der Waals surface area contributed by atoms with Crippen molar-refractivity contribution < 1.29 is 14.3 Å². The fourth-order valence-electron chi connectivity index (χ4n) is 2.32. The van der Waals surface area contributed by atoms with E-state index in [1.807, 2.05) is 24.3 Å². The molecule has 23 heavy (non-hydrogen) atoms. The molecule has 3 amide bonds. The van der Waals surface area contributed by atoms with Gasteiger partial charge in [0, 0.05) is 24.7 Å². The number of benzene rings is 1. The van der Waals surface area contributed by atoms with Crippen LogP contribution in [0.5, 0.6) is 0 Å². The topological polar surface area (TPSA) is 70.7 Å². The summed E-state index contributed by atoms with van der Waals surface area (Å²) in [6.45, 7) is 4.18. The van der Waals surface area contributed by atoms with Gasteiger partial charge in [0.2, 0.25) is 5.91 Å². The maximum absolute atomic E-state index is 12.1. The maximum atomic E-state index is 12.1. The van der Waals surface area contributed by atoms with Gasteiger partial charge in [0.25, 0.3) is 0 Å². The van der Waals surface area contributed by atoms with Gasteiger partial charge in [-0.15, -0.1) is 0 Å². The molecule has 0 spiro atoms. The fourth-order valence-corrected chi connectivity index (χ4v) is 2.45. The van der Waals surface area contributed by atoms with Crippen molar-refractivity contribution in [3.63, 3.8) is 0 Å². The van der Waals surface area contributed by atoms with Gasteiger partial charge in [-0.25, -0.2) is 4.79 Å². The van der Waals surface area contributed by atoms with Gasteiger partial charge in [-0.1, -0.05) is 23.7 Å². The first kappa shape index (κ1) is 17.6. The highest BCUT2D eigenvalue weighted by atomic mass is 35.5. The molecule has 0 saturated carbocycles. The van der Waals surface area contributed by atoms with Gasteiger partial charge < -0.3 is 20.3 Å². The zero-order chi connectivity index (χ0) is 16.7. The Kier molecular flexibility index (Phi) is 6.67. The normalized spacial score (nSPS) is 18.3. The van der Waals surface area contributed by atoms with Crippen LogP contribution in [0.3, 0.4) is 0 Å². The smallest absolute Gasteiger partial charge is 0.318 e. The van der Waals surface area contributed by atoms with Gasteiger partial charge in [-0.2, -0.15) is 0 Å². The second-order valence-corrected chi connectivity index (χ2v) is 5.86. The van der Waals surface area contributed by atoms with E-state index in [4.69, 9.17) is 16.3 Å². The summed E-state index contributed by atoms with van der Waals surface area (Å²) in [7, 11) is 0. The number of hydrogen-bond donors (Lipinski definition) is 2. The Morgan fingerprint density at radius 3 is 2.91 bits per heavy atom. The third-order valence-corrected chi connectivity index (χ3v) is 3.94. The van der Waals surface area contributed by atoms with Crippen LogP contribution in [-0.4, -0.2) is 49.1 Å². The second kappa shape index (κ2) is 8.74. The average Bonchev–Trinajstić information content (AvgIpc) is 2.71. The van der Waals surface area contributed by atoms with Crippen LogP contribution in [0.1, 0.15) is 18.9 Å². The van der Waals surface area contributed by atoms with Crippen molar-refractivity contribution >= 4 is 23.5 Å². The molecule has 0 aliphatic carbocycles. The SMILES string of the molecule is CC1C(=O)NCCCN1C(=O)NCCOCc1ccc(Cl)cc1. The first-order valence-corrected chi connectivity index (χ1v) is 8.10. The van der Waals surface area contributed by atoms with E-state index in [0.29, 0.717) is 37.9 Å². The number of ether oxygens (including phenoxy) is 1. The summed E-state index contributed by atoms with van der Waals surface area (Å²) in [5.41, 5.74) is 1.03. The van der Waals surface area contributed by atoms with Crippen LogP contribution in [-0.2, 0) is 16.1 Å². The van der Waals surface area contributed by atoms with Gasteiger partial charge in [0.05, 0.1) is 13.2 Å². The lowest BCUT2D eigenvalue weighted by atomic mass is 10.2. The third-order valence-electron chi connectivity index (χ3n) is 3.69. The Labute approximate surface area is 141 Å². The van der Waals surface area contributed by atoms with E-state index in [2.05, 4.69) is 10.6 Å². The number of urea groups is 1. The summed E-state index contributed by atoms with van der Waals surface area (Å²) in [5, 5.41) is 6.26. The molecular formula is C16H22ClN3O3. The zero-order valence-electron chi connectivity index (χ0n) is 13.2. The van der Waals surface area contributed by atoms with E-state index < -0.39 is 6.04 Å². The standard InChI is InChI=1S/C16H22ClN3O3/c1-12-15(21)18-7-2-9-20(12)16(22)19-8-10-23-11-13-3-5-14(17)6-4-13/h3-6,12H,2,7-11H2,1H3,(H,18,21)(H,19,22). The van der Waals surface area contributed by atoms with Crippen LogP contribution < -0.4 is 10.6 Å². The molecule has 6 nitrogen and oxygen atoms in total. The van der Waals surface area contributed by atoms with Crippen molar-refractivity contribution in [1.82, 2.24) is 15.5 Å². The molecule has 1 aliphatic heterocycles. The van der Waals surface area contributed by atoms with Crippen LogP contribution in [0.25, 0.3) is 0 Å². The largest absolute Gasteiger partial charge is 0.375 e. The summed E-state index contributed by atoms with van der Waals surface area (Å²) >= 11 is 5.82. The van der Waals surface area contributed by atoms with Crippen molar-refractivity contribution in [2.75, 3.05) is 26.2 Å². The molecule has 1 heterocycles. The molecule has 1 aromatic carbocycles. The second-order valence-electron chi connectivity index (χ2n) is 5.42. The molecule has 1 fully saturated rings. The van der Waals surface area contributed by atoms with Crippen molar-refractivity contribution in [3.05, 3.63) is 34.9 Å². The van der Waals surface area contributed by atoms with E-state index >= 15 is 0 Å². The van der Waals surface area contributed by atoms with E-state index in [0.717, 1.165) is 12.0 Å². The Balaban J connectivity index is 1.68. The van der Waals surface area contributed by atoms with Crippen LogP contribution in [0.15, 0.2) is 24.3 Å². The molecule has 1 aliphatic rings. The Morgan fingerprint density at radius 1 is 1.43 bits per heavy atom. The Morgan fingerprint density at radius 2 is 2.17 bits per heavy atom. The lowest BCUT2D eigenvalue weighted by Gasteiger charge is -2.25. The van der Waals surface area contributed by atoms with E-state index in [9.17, 15) is 9.59 Å². The minimum absolute atomic E-state index is 0.114. The fraction of sp³-hybridized carbons (Fsp3) is 0.500. The number of hydrogen-bond acceptors (Lipinski definition) is 3. The predicted octanol–water partition coefficient (Wildman–Crippen LogP) is 1.78. The van der Waals surface area contributed by atoms with E-state index in [-0.39, 0.29) is 11.9 Å². The van der Waals surface area contributed by atoms with Gasteiger partial charge >= 0.3 is 6.03 Å². The van der Waals surface area contributed by atoms with Crippen LogP contribution in [0.2, 0.25) is 5.02 Å². The summed E-state index contributed by atoms with van der Waals surface area (Å²) in [6, 6.07) is 6.75. The molecule has 1 atom stereocenters.